The lowest BCUT2D eigenvalue weighted by Gasteiger charge is -2.08. The van der Waals surface area contributed by atoms with Gasteiger partial charge in [-0.1, -0.05) is 0 Å². The number of amides is 1. The number of ether oxygens (including phenoxy) is 1. The second kappa shape index (κ2) is 3.22. The van der Waals surface area contributed by atoms with Gasteiger partial charge in [0.15, 0.2) is 0 Å². The smallest absolute Gasteiger partial charge is 0.227 e. The lowest BCUT2D eigenvalue weighted by molar-refractivity contribution is -0.131. The van der Waals surface area contributed by atoms with E-state index in [-0.39, 0.29) is 17.9 Å². The largest absolute Gasteiger partial charge is 0.378 e. The molecular formula is C8H15NO2. The van der Waals surface area contributed by atoms with E-state index >= 15 is 0 Å². The molecule has 2 atom stereocenters. The van der Waals surface area contributed by atoms with Crippen molar-refractivity contribution in [2.45, 2.75) is 19.4 Å². The molecule has 11 heavy (non-hydrogen) atoms. The van der Waals surface area contributed by atoms with Crippen molar-refractivity contribution in [3.63, 3.8) is 0 Å². The Labute approximate surface area is 67.3 Å². The summed E-state index contributed by atoms with van der Waals surface area (Å²) in [5, 5.41) is 0. The van der Waals surface area contributed by atoms with E-state index in [9.17, 15) is 4.79 Å². The monoisotopic (exact) mass is 157 g/mol. The average Bonchev–Trinajstić information content (AvgIpc) is 2.67. The Morgan fingerprint density at radius 3 is 2.73 bits per heavy atom. The van der Waals surface area contributed by atoms with Gasteiger partial charge in [0, 0.05) is 20.7 Å². The molecule has 1 fully saturated rings. The zero-order chi connectivity index (χ0) is 8.43. The van der Waals surface area contributed by atoms with Crippen LogP contribution >= 0.6 is 0 Å². The number of carbonyl (C=O) groups excluding carboxylic acids is 1. The van der Waals surface area contributed by atoms with Crippen LogP contribution < -0.4 is 0 Å². The molecule has 2 unspecified atom stereocenters. The molecule has 1 amide bonds. The van der Waals surface area contributed by atoms with Crippen molar-refractivity contribution in [2.75, 3.05) is 20.7 Å². The third-order valence-electron chi connectivity index (χ3n) is 1.87. The van der Waals surface area contributed by atoms with Crippen LogP contribution in [0.2, 0.25) is 0 Å². The maximum absolute atomic E-state index is 11.2. The highest BCUT2D eigenvalue weighted by Gasteiger charge is 2.44. The lowest BCUT2D eigenvalue weighted by Crippen LogP contribution is -2.24. The van der Waals surface area contributed by atoms with Crippen molar-refractivity contribution in [2.24, 2.45) is 5.92 Å². The van der Waals surface area contributed by atoms with E-state index in [0.717, 1.165) is 6.42 Å². The van der Waals surface area contributed by atoms with Crippen LogP contribution in [-0.2, 0) is 9.53 Å². The molecule has 3 heteroatoms. The van der Waals surface area contributed by atoms with E-state index in [1.807, 2.05) is 6.92 Å². The predicted octanol–water partition coefficient (Wildman–Crippen LogP) is 0.500. The first-order chi connectivity index (χ1) is 5.16. The molecule has 0 spiro atoms. The Bertz CT molecular complexity index is 156. The molecule has 0 aliphatic heterocycles. The second-order valence-corrected chi connectivity index (χ2v) is 3.07. The van der Waals surface area contributed by atoms with E-state index in [1.165, 1.54) is 0 Å². The van der Waals surface area contributed by atoms with Gasteiger partial charge in [-0.2, -0.15) is 0 Å². The maximum atomic E-state index is 11.2. The average molecular weight is 157 g/mol. The lowest BCUT2D eigenvalue weighted by atomic mass is 10.4. The SMILES string of the molecule is CCOC1CC1C(=O)N(C)C. The van der Waals surface area contributed by atoms with Crippen molar-refractivity contribution >= 4 is 5.91 Å². The van der Waals surface area contributed by atoms with Gasteiger partial charge in [0.25, 0.3) is 0 Å². The topological polar surface area (TPSA) is 29.5 Å². The molecule has 0 heterocycles. The van der Waals surface area contributed by atoms with Crippen LogP contribution in [-0.4, -0.2) is 37.6 Å². The molecule has 0 N–H and O–H groups in total. The fourth-order valence-electron chi connectivity index (χ4n) is 1.16. The van der Waals surface area contributed by atoms with Crippen molar-refractivity contribution in [3.05, 3.63) is 0 Å². The van der Waals surface area contributed by atoms with E-state index in [4.69, 9.17) is 4.74 Å². The highest BCUT2D eigenvalue weighted by molar-refractivity contribution is 5.81. The van der Waals surface area contributed by atoms with Gasteiger partial charge in [0.2, 0.25) is 5.91 Å². The van der Waals surface area contributed by atoms with Crippen LogP contribution in [0.4, 0.5) is 0 Å². The van der Waals surface area contributed by atoms with E-state index in [2.05, 4.69) is 0 Å². The molecule has 1 aliphatic carbocycles. The fraction of sp³-hybridized carbons (Fsp3) is 0.875. The summed E-state index contributed by atoms with van der Waals surface area (Å²) in [5.41, 5.74) is 0. The van der Waals surface area contributed by atoms with Crippen LogP contribution in [0.25, 0.3) is 0 Å². The summed E-state index contributed by atoms with van der Waals surface area (Å²) in [6, 6.07) is 0. The van der Waals surface area contributed by atoms with Crippen LogP contribution in [0.5, 0.6) is 0 Å². The van der Waals surface area contributed by atoms with Gasteiger partial charge in [0.1, 0.15) is 0 Å². The molecule has 1 saturated carbocycles. The standard InChI is InChI=1S/C8H15NO2/c1-4-11-7-5-6(7)8(10)9(2)3/h6-7H,4-5H2,1-3H3. The van der Waals surface area contributed by atoms with E-state index in [0.29, 0.717) is 6.61 Å². The van der Waals surface area contributed by atoms with Crippen LogP contribution in [0.3, 0.4) is 0 Å². The first-order valence-corrected chi connectivity index (χ1v) is 3.99. The Morgan fingerprint density at radius 2 is 2.27 bits per heavy atom. The summed E-state index contributed by atoms with van der Waals surface area (Å²) in [5.74, 6) is 0.341. The molecule has 0 bridgehead atoms. The molecule has 1 aliphatic rings. The predicted molar refractivity (Wildman–Crippen MR) is 42.2 cm³/mol. The molecule has 0 aromatic carbocycles. The molecule has 0 aromatic heterocycles. The third-order valence-corrected chi connectivity index (χ3v) is 1.87. The van der Waals surface area contributed by atoms with Gasteiger partial charge in [-0.15, -0.1) is 0 Å². The second-order valence-electron chi connectivity index (χ2n) is 3.07. The summed E-state index contributed by atoms with van der Waals surface area (Å²) >= 11 is 0. The van der Waals surface area contributed by atoms with Crippen molar-refractivity contribution in [3.8, 4) is 0 Å². The quantitative estimate of drug-likeness (QED) is 0.597. The molecule has 0 aromatic rings. The van der Waals surface area contributed by atoms with Gasteiger partial charge >= 0.3 is 0 Å². The summed E-state index contributed by atoms with van der Waals surface area (Å²) in [6.45, 7) is 2.66. The van der Waals surface area contributed by atoms with Gasteiger partial charge in [0.05, 0.1) is 12.0 Å². The number of hydrogen-bond donors (Lipinski definition) is 0. The Kier molecular flexibility index (Phi) is 2.49. The highest BCUT2D eigenvalue weighted by atomic mass is 16.5. The number of carbonyl (C=O) groups is 1. The van der Waals surface area contributed by atoms with Crippen molar-refractivity contribution < 1.29 is 9.53 Å². The molecular weight excluding hydrogens is 142 g/mol. The van der Waals surface area contributed by atoms with Crippen LogP contribution in [0.1, 0.15) is 13.3 Å². The normalized spacial score (nSPS) is 28.3. The minimum absolute atomic E-state index is 0.143. The third kappa shape index (κ3) is 1.93. The summed E-state index contributed by atoms with van der Waals surface area (Å²) in [7, 11) is 3.56. The zero-order valence-corrected chi connectivity index (χ0v) is 7.33. The Hall–Kier alpha value is -0.570. The van der Waals surface area contributed by atoms with E-state index < -0.39 is 0 Å². The van der Waals surface area contributed by atoms with Crippen LogP contribution in [0.15, 0.2) is 0 Å². The highest BCUT2D eigenvalue weighted by Crippen LogP contribution is 2.34. The number of nitrogens with zero attached hydrogens (tertiary/aromatic N) is 1. The Morgan fingerprint density at radius 1 is 1.64 bits per heavy atom. The molecule has 3 nitrogen and oxygen atoms in total. The van der Waals surface area contributed by atoms with Gasteiger partial charge in [-0.3, -0.25) is 4.79 Å². The zero-order valence-electron chi connectivity index (χ0n) is 7.33. The minimum atomic E-state index is 0.143. The number of rotatable bonds is 3. The first-order valence-electron chi connectivity index (χ1n) is 3.99. The maximum Gasteiger partial charge on any atom is 0.227 e. The van der Waals surface area contributed by atoms with E-state index in [1.54, 1.807) is 19.0 Å². The molecule has 0 radical (unpaired) electrons. The van der Waals surface area contributed by atoms with Gasteiger partial charge in [-0.05, 0) is 13.3 Å². The molecule has 64 valence electrons. The van der Waals surface area contributed by atoms with Gasteiger partial charge < -0.3 is 9.64 Å². The fourth-order valence-corrected chi connectivity index (χ4v) is 1.16. The summed E-state index contributed by atoms with van der Waals surface area (Å²) in [4.78, 5) is 12.9. The molecule has 1 rings (SSSR count). The number of hydrogen-bond acceptors (Lipinski definition) is 2. The minimum Gasteiger partial charge on any atom is -0.378 e. The Balaban J connectivity index is 2.26. The van der Waals surface area contributed by atoms with Gasteiger partial charge in [-0.25, -0.2) is 0 Å². The summed E-state index contributed by atoms with van der Waals surface area (Å²) in [6.07, 6.45) is 1.11. The summed E-state index contributed by atoms with van der Waals surface area (Å²) < 4.78 is 5.29. The van der Waals surface area contributed by atoms with Crippen LogP contribution in [0, 0.1) is 5.92 Å². The molecule has 0 saturated heterocycles. The van der Waals surface area contributed by atoms with Crippen molar-refractivity contribution in [1.29, 1.82) is 0 Å². The van der Waals surface area contributed by atoms with Crippen molar-refractivity contribution in [1.82, 2.24) is 4.90 Å². The first kappa shape index (κ1) is 8.53.